The molecule has 15 heavy (non-hydrogen) atoms. The van der Waals surface area contributed by atoms with Crippen molar-refractivity contribution in [2.24, 2.45) is 17.6 Å². The molecule has 0 spiro atoms. The molecule has 0 saturated heterocycles. The van der Waals surface area contributed by atoms with E-state index in [0.717, 1.165) is 18.4 Å². The predicted octanol–water partition coefficient (Wildman–Crippen LogP) is 1.67. The van der Waals surface area contributed by atoms with E-state index in [9.17, 15) is 4.79 Å². The Hall–Kier alpha value is -0.570. The largest absolute Gasteiger partial charge is 0.370 e. The summed E-state index contributed by atoms with van der Waals surface area (Å²) in [7, 11) is 0. The van der Waals surface area contributed by atoms with Gasteiger partial charge in [-0.05, 0) is 37.5 Å². The van der Waals surface area contributed by atoms with Crippen molar-refractivity contribution in [1.82, 2.24) is 5.32 Å². The monoisotopic (exact) mass is 212 g/mol. The number of nitrogens with one attached hydrogen (secondary N) is 1. The number of primary amides is 1. The van der Waals surface area contributed by atoms with Gasteiger partial charge >= 0.3 is 0 Å². The lowest BCUT2D eigenvalue weighted by molar-refractivity contribution is -0.117. The lowest BCUT2D eigenvalue weighted by atomic mass is 9.80. The normalized spacial score (nSPS) is 26.9. The third-order valence-corrected chi connectivity index (χ3v) is 3.52. The van der Waals surface area contributed by atoms with E-state index in [1.165, 1.54) is 25.7 Å². The zero-order chi connectivity index (χ0) is 11.3. The summed E-state index contributed by atoms with van der Waals surface area (Å²) in [6.45, 7) is 5.36. The molecular weight excluding hydrogens is 188 g/mol. The van der Waals surface area contributed by atoms with E-state index in [1.807, 2.05) is 0 Å². The molecule has 1 aliphatic rings. The topological polar surface area (TPSA) is 55.1 Å². The minimum Gasteiger partial charge on any atom is -0.370 e. The van der Waals surface area contributed by atoms with Crippen molar-refractivity contribution in [2.45, 2.75) is 52.0 Å². The van der Waals surface area contributed by atoms with Crippen LogP contribution in [-0.4, -0.2) is 18.5 Å². The number of amides is 1. The van der Waals surface area contributed by atoms with E-state index >= 15 is 0 Å². The molecule has 0 atom stereocenters. The van der Waals surface area contributed by atoms with Crippen molar-refractivity contribution in [2.75, 3.05) is 6.54 Å². The summed E-state index contributed by atoms with van der Waals surface area (Å²) in [5, 5.41) is 3.41. The van der Waals surface area contributed by atoms with Gasteiger partial charge in [-0.1, -0.05) is 13.8 Å². The molecule has 3 heteroatoms. The first-order chi connectivity index (χ1) is 7.09. The molecule has 0 heterocycles. The van der Waals surface area contributed by atoms with Crippen molar-refractivity contribution >= 4 is 5.91 Å². The smallest absolute Gasteiger partial charge is 0.218 e. The van der Waals surface area contributed by atoms with Crippen molar-refractivity contribution in [3.8, 4) is 0 Å². The Morgan fingerprint density at radius 1 is 1.33 bits per heavy atom. The van der Waals surface area contributed by atoms with Crippen LogP contribution in [0, 0.1) is 11.8 Å². The Kier molecular flexibility index (Phi) is 5.09. The Balaban J connectivity index is 2.12. The molecule has 3 nitrogen and oxygen atoms in total. The van der Waals surface area contributed by atoms with Gasteiger partial charge in [-0.15, -0.1) is 0 Å². The molecule has 0 unspecified atom stereocenters. The summed E-state index contributed by atoms with van der Waals surface area (Å²) in [5.74, 6) is 1.51. The van der Waals surface area contributed by atoms with Crippen molar-refractivity contribution in [1.29, 1.82) is 0 Å². The second kappa shape index (κ2) is 6.11. The second-order valence-electron chi connectivity index (χ2n) is 5.03. The minimum atomic E-state index is -0.210. The van der Waals surface area contributed by atoms with E-state index < -0.39 is 0 Å². The highest BCUT2D eigenvalue weighted by Crippen LogP contribution is 2.29. The highest BCUT2D eigenvalue weighted by molar-refractivity contribution is 5.73. The lowest BCUT2D eigenvalue weighted by Crippen LogP contribution is -2.36. The molecule has 1 amide bonds. The first-order valence-electron chi connectivity index (χ1n) is 6.11. The van der Waals surface area contributed by atoms with Gasteiger partial charge in [-0.3, -0.25) is 4.79 Å². The zero-order valence-corrected chi connectivity index (χ0v) is 9.96. The van der Waals surface area contributed by atoms with E-state index in [2.05, 4.69) is 19.2 Å². The number of hydrogen-bond acceptors (Lipinski definition) is 2. The van der Waals surface area contributed by atoms with Gasteiger partial charge in [0.2, 0.25) is 5.91 Å². The Morgan fingerprint density at radius 2 is 1.93 bits per heavy atom. The van der Waals surface area contributed by atoms with Gasteiger partial charge in [0.05, 0.1) is 0 Å². The van der Waals surface area contributed by atoms with Crippen LogP contribution in [0.2, 0.25) is 0 Å². The van der Waals surface area contributed by atoms with Crippen LogP contribution in [0.3, 0.4) is 0 Å². The summed E-state index contributed by atoms with van der Waals surface area (Å²) < 4.78 is 0. The summed E-state index contributed by atoms with van der Waals surface area (Å²) in [6, 6.07) is 0.611. The molecule has 1 aliphatic carbocycles. The molecule has 0 aliphatic heterocycles. The quantitative estimate of drug-likeness (QED) is 0.728. The third kappa shape index (κ3) is 4.65. The summed E-state index contributed by atoms with van der Waals surface area (Å²) >= 11 is 0. The van der Waals surface area contributed by atoms with Gasteiger partial charge in [-0.25, -0.2) is 0 Å². The molecule has 3 N–H and O–H groups in total. The van der Waals surface area contributed by atoms with E-state index in [1.54, 1.807) is 0 Å². The van der Waals surface area contributed by atoms with Crippen LogP contribution >= 0.6 is 0 Å². The molecule has 0 aromatic heterocycles. The summed E-state index contributed by atoms with van der Waals surface area (Å²) in [5.41, 5.74) is 5.09. The average molecular weight is 212 g/mol. The standard InChI is InChI=1S/C12H24N2O/c1-9(2)10-3-5-11(6-4-10)14-8-7-12(13)15/h9-11,14H,3-8H2,1-2H3,(H2,13,15). The maximum Gasteiger partial charge on any atom is 0.218 e. The van der Waals surface area contributed by atoms with E-state index in [4.69, 9.17) is 5.73 Å². The van der Waals surface area contributed by atoms with Crippen molar-refractivity contribution in [3.05, 3.63) is 0 Å². The van der Waals surface area contributed by atoms with Crippen LogP contribution in [-0.2, 0) is 4.79 Å². The average Bonchev–Trinajstić information content (AvgIpc) is 2.18. The molecule has 0 aromatic carbocycles. The second-order valence-corrected chi connectivity index (χ2v) is 5.03. The van der Waals surface area contributed by atoms with Crippen LogP contribution in [0.25, 0.3) is 0 Å². The highest BCUT2D eigenvalue weighted by Gasteiger charge is 2.22. The van der Waals surface area contributed by atoms with Crippen LogP contribution in [0.5, 0.6) is 0 Å². The maximum absolute atomic E-state index is 10.6. The lowest BCUT2D eigenvalue weighted by Gasteiger charge is -2.31. The number of hydrogen-bond donors (Lipinski definition) is 2. The van der Waals surface area contributed by atoms with Gasteiger partial charge in [-0.2, -0.15) is 0 Å². The Morgan fingerprint density at radius 3 is 2.40 bits per heavy atom. The van der Waals surface area contributed by atoms with Crippen LogP contribution in [0.4, 0.5) is 0 Å². The molecule has 0 aromatic rings. The maximum atomic E-state index is 10.6. The van der Waals surface area contributed by atoms with Gasteiger partial charge in [0.25, 0.3) is 0 Å². The SMILES string of the molecule is CC(C)C1CCC(NCCC(N)=O)CC1. The van der Waals surface area contributed by atoms with Gasteiger partial charge in [0.15, 0.2) is 0 Å². The van der Waals surface area contributed by atoms with Gasteiger partial charge < -0.3 is 11.1 Å². The number of carbonyl (C=O) groups is 1. The van der Waals surface area contributed by atoms with E-state index in [0.29, 0.717) is 12.5 Å². The van der Waals surface area contributed by atoms with Crippen LogP contribution < -0.4 is 11.1 Å². The predicted molar refractivity (Wildman–Crippen MR) is 62.4 cm³/mol. The minimum absolute atomic E-state index is 0.210. The highest BCUT2D eigenvalue weighted by atomic mass is 16.1. The van der Waals surface area contributed by atoms with Gasteiger partial charge in [0.1, 0.15) is 0 Å². The number of nitrogens with two attached hydrogens (primary N) is 1. The fraction of sp³-hybridized carbons (Fsp3) is 0.917. The first kappa shape index (κ1) is 12.5. The Labute approximate surface area is 92.8 Å². The molecule has 0 radical (unpaired) electrons. The number of rotatable bonds is 5. The fourth-order valence-corrected chi connectivity index (χ4v) is 2.39. The van der Waals surface area contributed by atoms with Crippen LogP contribution in [0.15, 0.2) is 0 Å². The zero-order valence-electron chi connectivity index (χ0n) is 9.96. The molecule has 88 valence electrons. The Bertz CT molecular complexity index is 196. The third-order valence-electron chi connectivity index (χ3n) is 3.52. The first-order valence-corrected chi connectivity index (χ1v) is 6.11. The van der Waals surface area contributed by atoms with Crippen molar-refractivity contribution < 1.29 is 4.79 Å². The molecule has 0 bridgehead atoms. The fourth-order valence-electron chi connectivity index (χ4n) is 2.39. The molecule has 1 saturated carbocycles. The van der Waals surface area contributed by atoms with Crippen molar-refractivity contribution in [3.63, 3.8) is 0 Å². The molecule has 1 fully saturated rings. The summed E-state index contributed by atoms with van der Waals surface area (Å²) in [6.07, 6.45) is 5.62. The number of carbonyl (C=O) groups excluding carboxylic acids is 1. The van der Waals surface area contributed by atoms with E-state index in [-0.39, 0.29) is 5.91 Å². The van der Waals surface area contributed by atoms with Gasteiger partial charge in [0, 0.05) is 19.0 Å². The molecular formula is C12H24N2O. The molecule has 1 rings (SSSR count). The summed E-state index contributed by atoms with van der Waals surface area (Å²) in [4.78, 5) is 10.6. The van der Waals surface area contributed by atoms with Crippen LogP contribution in [0.1, 0.15) is 46.0 Å².